The minimum Gasteiger partial charge on any atom is -0.492 e. The number of rotatable bonds is 12. The van der Waals surface area contributed by atoms with Gasteiger partial charge >= 0.3 is 5.97 Å². The molecule has 0 spiro atoms. The zero-order valence-electron chi connectivity index (χ0n) is 16.4. The first-order valence-electron chi connectivity index (χ1n) is 9.06. The summed E-state index contributed by atoms with van der Waals surface area (Å²) < 4.78 is 82.3. The third kappa shape index (κ3) is 7.01. The first-order valence-corrected chi connectivity index (χ1v) is 11.9. The third-order valence-corrected chi connectivity index (χ3v) is 5.96. The van der Waals surface area contributed by atoms with Gasteiger partial charge in [-0.1, -0.05) is 30.8 Å². The highest BCUT2D eigenvalue weighted by Gasteiger charge is 2.31. The van der Waals surface area contributed by atoms with Crippen molar-refractivity contribution in [2.75, 3.05) is 26.4 Å². The summed E-state index contributed by atoms with van der Waals surface area (Å²) in [6.07, 6.45) is 1.83. The first kappa shape index (κ1) is 24.8. The second-order valence-electron chi connectivity index (χ2n) is 6.24. The molecule has 0 amide bonds. The molecule has 0 aliphatic carbocycles. The van der Waals surface area contributed by atoms with E-state index in [9.17, 15) is 30.7 Å². The fraction of sp³-hybridized carbons (Fsp3) is 0.316. The molecule has 2 aromatic rings. The van der Waals surface area contributed by atoms with Crippen LogP contribution in [0.5, 0.6) is 5.75 Å². The van der Waals surface area contributed by atoms with Gasteiger partial charge in [0.25, 0.3) is 20.2 Å². The maximum atomic E-state index is 11.9. The summed E-state index contributed by atoms with van der Waals surface area (Å²) >= 11 is 0. The molecular formula is C19H22O10S2. The van der Waals surface area contributed by atoms with Crippen LogP contribution in [0, 0.1) is 0 Å². The van der Waals surface area contributed by atoms with Crippen LogP contribution in [0.1, 0.15) is 12.8 Å². The summed E-state index contributed by atoms with van der Waals surface area (Å²) in [4.78, 5) is 8.90. The molecule has 2 aromatic carbocycles. The van der Waals surface area contributed by atoms with Crippen molar-refractivity contribution in [3.05, 3.63) is 43.0 Å². The maximum absolute atomic E-state index is 11.9. The van der Waals surface area contributed by atoms with Crippen molar-refractivity contribution in [2.24, 2.45) is 0 Å². The van der Waals surface area contributed by atoms with Crippen LogP contribution >= 0.6 is 0 Å². The van der Waals surface area contributed by atoms with Crippen molar-refractivity contribution in [3.8, 4) is 5.75 Å². The molecule has 0 unspecified atom stereocenters. The van der Waals surface area contributed by atoms with Gasteiger partial charge in [0.15, 0.2) is 4.90 Å². The highest BCUT2D eigenvalue weighted by atomic mass is 32.2. The lowest BCUT2D eigenvalue weighted by molar-refractivity contribution is -0.138. The average molecular weight is 475 g/mol. The van der Waals surface area contributed by atoms with E-state index in [1.807, 2.05) is 0 Å². The highest BCUT2D eigenvalue weighted by Crippen LogP contribution is 2.37. The highest BCUT2D eigenvalue weighted by molar-refractivity contribution is 7.89. The van der Waals surface area contributed by atoms with Crippen LogP contribution in [0.3, 0.4) is 0 Å². The van der Waals surface area contributed by atoms with Crippen molar-refractivity contribution in [1.82, 2.24) is 0 Å². The average Bonchev–Trinajstić information content (AvgIpc) is 2.69. The Bertz CT molecular complexity index is 1150. The molecule has 0 atom stereocenters. The Morgan fingerprint density at radius 3 is 2.16 bits per heavy atom. The van der Waals surface area contributed by atoms with E-state index in [2.05, 4.69) is 6.58 Å². The van der Waals surface area contributed by atoms with Crippen LogP contribution in [0.25, 0.3) is 10.8 Å². The van der Waals surface area contributed by atoms with E-state index < -0.39 is 41.7 Å². The number of ether oxygens (including phenoxy) is 3. The molecule has 2 rings (SSSR count). The standard InChI is InChI=1S/C19H22O10S2/c1-2-17(20)29-12-6-10-27-9-5-11-28-16-13-14-7-3-4-8-15(14)18(30(21,22)23)19(16)31(24,25)26/h2-4,7-8,13H,1,5-6,9-12H2,(H,21,22,23)(H,24,25,26). The fourth-order valence-corrected chi connectivity index (χ4v) is 4.86. The molecule has 0 fully saturated rings. The topological polar surface area (TPSA) is 154 Å². The summed E-state index contributed by atoms with van der Waals surface area (Å²) in [5.74, 6) is -0.937. The second kappa shape index (κ2) is 10.7. The van der Waals surface area contributed by atoms with Crippen molar-refractivity contribution < 1.29 is 44.9 Å². The van der Waals surface area contributed by atoms with Gasteiger partial charge in [0.05, 0.1) is 13.2 Å². The van der Waals surface area contributed by atoms with Crippen molar-refractivity contribution in [1.29, 1.82) is 0 Å². The van der Waals surface area contributed by atoms with Crippen LogP contribution in [0.4, 0.5) is 0 Å². The molecule has 0 saturated heterocycles. The Kier molecular flexibility index (Phi) is 8.53. The quantitative estimate of drug-likeness (QED) is 0.203. The number of carbonyl (C=O) groups is 1. The van der Waals surface area contributed by atoms with Gasteiger partial charge in [-0.25, -0.2) is 4.79 Å². The lowest BCUT2D eigenvalue weighted by atomic mass is 10.1. The number of carbonyl (C=O) groups excluding carboxylic acids is 1. The van der Waals surface area contributed by atoms with E-state index >= 15 is 0 Å². The molecule has 0 bridgehead atoms. The molecule has 0 aromatic heterocycles. The summed E-state index contributed by atoms with van der Waals surface area (Å²) in [6, 6.07) is 7.13. The van der Waals surface area contributed by atoms with Crippen LogP contribution < -0.4 is 4.74 Å². The van der Waals surface area contributed by atoms with Crippen LogP contribution in [-0.2, 0) is 34.5 Å². The van der Waals surface area contributed by atoms with Gasteiger partial charge in [-0.2, -0.15) is 16.8 Å². The van der Waals surface area contributed by atoms with Gasteiger partial charge in [-0.05, 0) is 11.5 Å². The minimum atomic E-state index is -5.05. The third-order valence-electron chi connectivity index (χ3n) is 3.97. The van der Waals surface area contributed by atoms with Crippen molar-refractivity contribution in [3.63, 3.8) is 0 Å². The molecule has 0 aliphatic heterocycles. The summed E-state index contributed by atoms with van der Waals surface area (Å²) in [5.41, 5.74) is 0. The van der Waals surface area contributed by atoms with Crippen molar-refractivity contribution in [2.45, 2.75) is 22.6 Å². The number of hydrogen-bond donors (Lipinski definition) is 2. The molecule has 0 radical (unpaired) electrons. The summed E-state index contributed by atoms with van der Waals surface area (Å²) in [6.45, 7) is 3.93. The van der Waals surface area contributed by atoms with Gasteiger partial charge in [0.1, 0.15) is 10.6 Å². The van der Waals surface area contributed by atoms with E-state index in [-0.39, 0.29) is 25.2 Å². The number of benzene rings is 2. The predicted molar refractivity (Wildman–Crippen MR) is 110 cm³/mol. The maximum Gasteiger partial charge on any atom is 0.330 e. The number of hydrogen-bond acceptors (Lipinski definition) is 8. The second-order valence-corrected chi connectivity index (χ2v) is 8.96. The molecule has 31 heavy (non-hydrogen) atoms. The molecule has 170 valence electrons. The Balaban J connectivity index is 2.09. The van der Waals surface area contributed by atoms with E-state index in [0.717, 1.165) is 6.08 Å². The number of fused-ring (bicyclic) bond motifs is 1. The normalized spacial score (nSPS) is 11.9. The summed E-state index contributed by atoms with van der Waals surface area (Å²) in [5, 5.41) is 0.216. The molecule has 0 heterocycles. The Labute approximate surface area is 179 Å². The largest absolute Gasteiger partial charge is 0.492 e. The van der Waals surface area contributed by atoms with Crippen LogP contribution in [-0.4, -0.2) is 58.3 Å². The predicted octanol–water partition coefficient (Wildman–Crippen LogP) is 2.24. The lowest BCUT2D eigenvalue weighted by Gasteiger charge is -2.15. The zero-order valence-corrected chi connectivity index (χ0v) is 18.0. The van der Waals surface area contributed by atoms with Gasteiger partial charge < -0.3 is 14.2 Å². The smallest absolute Gasteiger partial charge is 0.330 e. The Morgan fingerprint density at radius 2 is 1.55 bits per heavy atom. The van der Waals surface area contributed by atoms with Crippen LogP contribution in [0.15, 0.2) is 52.8 Å². The first-order chi connectivity index (χ1) is 14.6. The molecule has 0 aliphatic rings. The van der Waals surface area contributed by atoms with E-state index in [1.54, 1.807) is 6.07 Å². The molecule has 10 nitrogen and oxygen atoms in total. The molecule has 0 saturated carbocycles. The van der Waals surface area contributed by atoms with Gasteiger partial charge in [-0.3, -0.25) is 9.11 Å². The molecule has 12 heteroatoms. The molecular weight excluding hydrogens is 452 g/mol. The fourth-order valence-electron chi connectivity index (χ4n) is 2.72. The molecule has 2 N–H and O–H groups in total. The lowest BCUT2D eigenvalue weighted by Crippen LogP contribution is -2.13. The number of esters is 1. The summed E-state index contributed by atoms with van der Waals surface area (Å²) in [7, 11) is -10.1. The van der Waals surface area contributed by atoms with E-state index in [0.29, 0.717) is 24.8 Å². The minimum absolute atomic E-state index is 0.0583. The Morgan fingerprint density at radius 1 is 0.935 bits per heavy atom. The van der Waals surface area contributed by atoms with E-state index in [4.69, 9.17) is 14.2 Å². The zero-order chi connectivity index (χ0) is 23.1. The van der Waals surface area contributed by atoms with Crippen molar-refractivity contribution >= 4 is 37.0 Å². The SMILES string of the molecule is C=CC(=O)OCCCOCCCOc1cc2ccccc2c(S(=O)(=O)O)c1S(=O)(=O)O. The van der Waals surface area contributed by atoms with Gasteiger partial charge in [0.2, 0.25) is 0 Å². The van der Waals surface area contributed by atoms with E-state index in [1.165, 1.54) is 24.3 Å². The monoisotopic (exact) mass is 474 g/mol. The Hall–Kier alpha value is -2.51. The van der Waals surface area contributed by atoms with Gasteiger partial charge in [0, 0.05) is 37.5 Å². The van der Waals surface area contributed by atoms with Crippen LogP contribution in [0.2, 0.25) is 0 Å². The van der Waals surface area contributed by atoms with Gasteiger partial charge in [-0.15, -0.1) is 0 Å².